The third-order valence-corrected chi connectivity index (χ3v) is 3.56. The van der Waals surface area contributed by atoms with Gasteiger partial charge in [-0.2, -0.15) is 0 Å². The molecule has 4 heteroatoms. The second kappa shape index (κ2) is 6.36. The molecule has 0 bridgehead atoms. The van der Waals surface area contributed by atoms with Gasteiger partial charge in [-0.05, 0) is 24.8 Å². The summed E-state index contributed by atoms with van der Waals surface area (Å²) in [5, 5.41) is 8.67. The summed E-state index contributed by atoms with van der Waals surface area (Å²) >= 11 is 0. The molecular weight excluding hydrogens is 242 g/mol. The highest BCUT2D eigenvalue weighted by atomic mass is 16.4. The Hall–Kier alpha value is -1.84. The van der Waals surface area contributed by atoms with Crippen LogP contribution < -0.4 is 0 Å². The Kier molecular flexibility index (Phi) is 4.55. The molecule has 102 valence electrons. The van der Waals surface area contributed by atoms with Crippen LogP contribution in [0.4, 0.5) is 0 Å². The van der Waals surface area contributed by atoms with Gasteiger partial charge in [0.25, 0.3) is 0 Å². The van der Waals surface area contributed by atoms with E-state index in [2.05, 4.69) is 0 Å². The highest BCUT2D eigenvalue weighted by Gasteiger charge is 2.27. The van der Waals surface area contributed by atoms with Gasteiger partial charge < -0.3 is 10.0 Å². The zero-order chi connectivity index (χ0) is 13.7. The van der Waals surface area contributed by atoms with Gasteiger partial charge in [0.1, 0.15) is 0 Å². The van der Waals surface area contributed by atoms with E-state index < -0.39 is 5.97 Å². The van der Waals surface area contributed by atoms with Crippen molar-refractivity contribution < 1.29 is 14.7 Å². The molecule has 2 rings (SSSR count). The first kappa shape index (κ1) is 13.6. The Balaban J connectivity index is 2.08. The zero-order valence-electron chi connectivity index (χ0n) is 10.9. The first-order valence-corrected chi connectivity index (χ1v) is 6.74. The van der Waals surface area contributed by atoms with Gasteiger partial charge >= 0.3 is 5.97 Å². The van der Waals surface area contributed by atoms with Crippen LogP contribution in [-0.4, -0.2) is 28.4 Å². The van der Waals surface area contributed by atoms with Crippen molar-refractivity contribution in [3.63, 3.8) is 0 Å². The lowest BCUT2D eigenvalue weighted by Gasteiger charge is -2.36. The molecule has 19 heavy (non-hydrogen) atoms. The maximum absolute atomic E-state index is 12.1. The Labute approximate surface area is 113 Å². The molecular formula is C15H19NO3. The monoisotopic (exact) mass is 261 g/mol. The molecule has 1 aliphatic heterocycles. The minimum Gasteiger partial charge on any atom is -0.481 e. The average molecular weight is 261 g/mol. The third kappa shape index (κ3) is 3.56. The average Bonchev–Trinajstić information content (AvgIpc) is 2.45. The number of amides is 1. The molecule has 1 heterocycles. The molecule has 4 nitrogen and oxygen atoms in total. The number of nitrogens with zero attached hydrogens (tertiary/aromatic N) is 1. The number of aliphatic carboxylic acids is 1. The molecule has 1 fully saturated rings. The van der Waals surface area contributed by atoms with Crippen LogP contribution in [0.2, 0.25) is 0 Å². The first-order valence-electron chi connectivity index (χ1n) is 6.74. The number of piperidine rings is 1. The van der Waals surface area contributed by atoms with Crippen molar-refractivity contribution in [2.24, 2.45) is 0 Å². The molecule has 1 aromatic carbocycles. The van der Waals surface area contributed by atoms with Gasteiger partial charge in [0.2, 0.25) is 5.91 Å². The van der Waals surface area contributed by atoms with Crippen molar-refractivity contribution in [1.29, 1.82) is 0 Å². The van der Waals surface area contributed by atoms with Crippen LogP contribution in [-0.2, 0) is 9.59 Å². The summed E-state index contributed by atoms with van der Waals surface area (Å²) in [6.45, 7) is 0.734. The summed E-state index contributed by atoms with van der Waals surface area (Å²) in [5.41, 5.74) is 1.14. The SMILES string of the molecule is O=C(O)CCC(=O)N1CCCCC1c1ccccc1. The van der Waals surface area contributed by atoms with E-state index in [0.29, 0.717) is 0 Å². The highest BCUT2D eigenvalue weighted by molar-refractivity contribution is 5.81. The Morgan fingerprint density at radius 2 is 1.89 bits per heavy atom. The zero-order valence-corrected chi connectivity index (χ0v) is 10.9. The fourth-order valence-electron chi connectivity index (χ4n) is 2.61. The number of hydrogen-bond donors (Lipinski definition) is 1. The number of likely N-dealkylation sites (tertiary alicyclic amines) is 1. The molecule has 1 amide bonds. The van der Waals surface area contributed by atoms with Crippen molar-refractivity contribution in [2.75, 3.05) is 6.54 Å². The number of carboxylic acid groups (broad SMARTS) is 1. The summed E-state index contributed by atoms with van der Waals surface area (Å²) in [5.74, 6) is -0.961. The largest absolute Gasteiger partial charge is 0.481 e. The number of carboxylic acids is 1. The lowest BCUT2D eigenvalue weighted by molar-refractivity contribution is -0.142. The van der Waals surface area contributed by atoms with Crippen LogP contribution in [0, 0.1) is 0 Å². The molecule has 0 spiro atoms. The van der Waals surface area contributed by atoms with Gasteiger partial charge in [-0.1, -0.05) is 30.3 Å². The van der Waals surface area contributed by atoms with Gasteiger partial charge in [-0.3, -0.25) is 9.59 Å². The number of benzene rings is 1. The molecule has 1 N–H and O–H groups in total. The van der Waals surface area contributed by atoms with E-state index in [1.54, 1.807) is 0 Å². The van der Waals surface area contributed by atoms with Crippen LogP contribution in [0.5, 0.6) is 0 Å². The quantitative estimate of drug-likeness (QED) is 0.906. The summed E-state index contributed by atoms with van der Waals surface area (Å²) in [6, 6.07) is 10.1. The summed E-state index contributed by atoms with van der Waals surface area (Å²) in [4.78, 5) is 24.6. The molecule has 0 saturated carbocycles. The number of carbonyl (C=O) groups is 2. The van der Waals surface area contributed by atoms with Crippen molar-refractivity contribution in [3.05, 3.63) is 35.9 Å². The molecule has 1 aliphatic rings. The van der Waals surface area contributed by atoms with Crippen LogP contribution >= 0.6 is 0 Å². The first-order chi connectivity index (χ1) is 9.18. The van der Waals surface area contributed by atoms with Gasteiger partial charge in [-0.25, -0.2) is 0 Å². The van der Waals surface area contributed by atoms with E-state index in [4.69, 9.17) is 5.11 Å². The predicted octanol–water partition coefficient (Wildman–Crippen LogP) is 2.61. The summed E-state index contributed by atoms with van der Waals surface area (Å²) in [6.07, 6.45) is 3.09. The molecule has 1 aromatic rings. The van der Waals surface area contributed by atoms with Crippen molar-refractivity contribution in [2.45, 2.75) is 38.1 Å². The normalized spacial score (nSPS) is 19.2. The van der Waals surface area contributed by atoms with Crippen LogP contribution in [0.15, 0.2) is 30.3 Å². The Bertz CT molecular complexity index is 444. The smallest absolute Gasteiger partial charge is 0.303 e. The van der Waals surface area contributed by atoms with Crippen molar-refractivity contribution in [1.82, 2.24) is 4.90 Å². The predicted molar refractivity (Wildman–Crippen MR) is 71.6 cm³/mol. The summed E-state index contributed by atoms with van der Waals surface area (Å²) < 4.78 is 0. The Morgan fingerprint density at radius 1 is 1.16 bits per heavy atom. The second-order valence-electron chi connectivity index (χ2n) is 4.90. The van der Waals surface area contributed by atoms with E-state index in [9.17, 15) is 9.59 Å². The minimum absolute atomic E-state index is 0.0454. The maximum atomic E-state index is 12.1. The second-order valence-corrected chi connectivity index (χ2v) is 4.90. The van der Waals surface area contributed by atoms with Crippen molar-refractivity contribution >= 4 is 11.9 Å². The van der Waals surface area contributed by atoms with E-state index in [0.717, 1.165) is 31.4 Å². The third-order valence-electron chi connectivity index (χ3n) is 3.56. The van der Waals surface area contributed by atoms with Gasteiger partial charge in [0.05, 0.1) is 12.5 Å². The lowest BCUT2D eigenvalue weighted by atomic mass is 9.95. The lowest BCUT2D eigenvalue weighted by Crippen LogP contribution is -2.38. The van der Waals surface area contributed by atoms with E-state index >= 15 is 0 Å². The highest BCUT2D eigenvalue weighted by Crippen LogP contribution is 2.31. The molecule has 1 saturated heterocycles. The van der Waals surface area contributed by atoms with Gasteiger partial charge in [0, 0.05) is 13.0 Å². The van der Waals surface area contributed by atoms with Crippen molar-refractivity contribution in [3.8, 4) is 0 Å². The van der Waals surface area contributed by atoms with Gasteiger partial charge in [0.15, 0.2) is 0 Å². The molecule has 0 aliphatic carbocycles. The van der Waals surface area contributed by atoms with E-state index in [-0.39, 0.29) is 24.8 Å². The van der Waals surface area contributed by atoms with E-state index in [1.807, 2.05) is 35.2 Å². The van der Waals surface area contributed by atoms with Crippen LogP contribution in [0.25, 0.3) is 0 Å². The number of hydrogen-bond acceptors (Lipinski definition) is 2. The van der Waals surface area contributed by atoms with E-state index in [1.165, 1.54) is 0 Å². The molecule has 1 atom stereocenters. The molecule has 1 unspecified atom stereocenters. The maximum Gasteiger partial charge on any atom is 0.303 e. The standard InChI is InChI=1S/C15H19NO3/c17-14(9-10-15(18)19)16-11-5-4-8-13(16)12-6-2-1-3-7-12/h1-3,6-7,13H,4-5,8-11H2,(H,18,19). The fourth-order valence-corrected chi connectivity index (χ4v) is 2.61. The molecule has 0 radical (unpaired) electrons. The van der Waals surface area contributed by atoms with Crippen LogP contribution in [0.1, 0.15) is 43.7 Å². The fraction of sp³-hybridized carbons (Fsp3) is 0.467. The minimum atomic E-state index is -0.915. The Morgan fingerprint density at radius 3 is 2.58 bits per heavy atom. The summed E-state index contributed by atoms with van der Waals surface area (Å²) in [7, 11) is 0. The number of rotatable bonds is 4. The topological polar surface area (TPSA) is 57.6 Å². The molecule has 0 aromatic heterocycles. The number of carbonyl (C=O) groups excluding carboxylic acids is 1. The van der Waals surface area contributed by atoms with Crippen LogP contribution in [0.3, 0.4) is 0 Å². The van der Waals surface area contributed by atoms with Gasteiger partial charge in [-0.15, -0.1) is 0 Å².